The third-order valence-corrected chi connectivity index (χ3v) is 16.3. The van der Waals surface area contributed by atoms with Crippen LogP contribution in [-0.2, 0) is 10.8 Å². The van der Waals surface area contributed by atoms with Crippen LogP contribution >= 0.6 is 0 Å². The Morgan fingerprint density at radius 3 is 1.59 bits per heavy atom. The van der Waals surface area contributed by atoms with Gasteiger partial charge in [-0.1, -0.05) is 150 Å². The van der Waals surface area contributed by atoms with Crippen molar-refractivity contribution in [2.24, 2.45) is 23.7 Å². The Morgan fingerprint density at radius 1 is 0.492 bits per heavy atom. The number of fused-ring (bicyclic) bond motifs is 5. The number of rotatable bonds is 10. The van der Waals surface area contributed by atoms with Crippen molar-refractivity contribution in [2.45, 2.75) is 95.8 Å². The molecule has 4 aliphatic rings. The summed E-state index contributed by atoms with van der Waals surface area (Å²) in [6.45, 7) is 9.65. The molecule has 3 saturated carbocycles. The van der Waals surface area contributed by atoms with Gasteiger partial charge in [-0.25, -0.2) is 0 Å². The molecular formula is C61H62N2. The van der Waals surface area contributed by atoms with Gasteiger partial charge in [-0.05, 0) is 173 Å². The van der Waals surface area contributed by atoms with Gasteiger partial charge >= 0.3 is 0 Å². The van der Waals surface area contributed by atoms with E-state index in [-0.39, 0.29) is 10.8 Å². The van der Waals surface area contributed by atoms with Crippen molar-refractivity contribution in [3.05, 3.63) is 204 Å². The minimum absolute atomic E-state index is 0.0644. The summed E-state index contributed by atoms with van der Waals surface area (Å²) in [4.78, 5) is 4.90. The van der Waals surface area contributed by atoms with E-state index in [1.54, 1.807) is 0 Å². The molecule has 0 N–H and O–H groups in total. The van der Waals surface area contributed by atoms with E-state index >= 15 is 0 Å². The highest BCUT2D eigenvalue weighted by atomic mass is 15.1. The van der Waals surface area contributed by atoms with Crippen LogP contribution < -0.4 is 9.80 Å². The van der Waals surface area contributed by atoms with Gasteiger partial charge in [0.25, 0.3) is 0 Å². The Hall–Kier alpha value is -5.86. The summed E-state index contributed by atoms with van der Waals surface area (Å²) in [5, 5.41) is 0. The first-order valence-electron chi connectivity index (χ1n) is 24.0. The molecule has 0 radical (unpaired) electrons. The number of hydrogen-bond donors (Lipinski definition) is 0. The van der Waals surface area contributed by atoms with Crippen molar-refractivity contribution in [3.63, 3.8) is 0 Å². The lowest BCUT2D eigenvalue weighted by atomic mass is 9.60. The molecule has 2 nitrogen and oxygen atoms in total. The van der Waals surface area contributed by atoms with Gasteiger partial charge in [0.15, 0.2) is 0 Å². The van der Waals surface area contributed by atoms with Gasteiger partial charge in [-0.3, -0.25) is 0 Å². The topological polar surface area (TPSA) is 6.48 Å². The molecule has 2 bridgehead atoms. The van der Waals surface area contributed by atoms with Crippen LogP contribution in [-0.4, -0.2) is 0 Å². The highest BCUT2D eigenvalue weighted by Gasteiger charge is 2.42. The number of benzene rings is 7. The van der Waals surface area contributed by atoms with E-state index in [0.29, 0.717) is 11.8 Å². The molecule has 7 aromatic carbocycles. The van der Waals surface area contributed by atoms with Gasteiger partial charge in [0.05, 0.1) is 0 Å². The van der Waals surface area contributed by atoms with E-state index < -0.39 is 0 Å². The monoisotopic (exact) mass is 822 g/mol. The molecule has 5 unspecified atom stereocenters. The molecule has 4 aliphatic carbocycles. The lowest BCUT2D eigenvalue weighted by Crippen LogP contribution is -2.36. The van der Waals surface area contributed by atoms with E-state index in [4.69, 9.17) is 0 Å². The minimum atomic E-state index is -0.0712. The molecule has 3 fully saturated rings. The van der Waals surface area contributed by atoms with Gasteiger partial charge in [0.1, 0.15) is 0 Å². The van der Waals surface area contributed by atoms with Crippen LogP contribution in [0.3, 0.4) is 0 Å². The van der Waals surface area contributed by atoms with Crippen LogP contribution in [0.15, 0.2) is 176 Å². The summed E-state index contributed by atoms with van der Waals surface area (Å²) in [5.74, 6) is 3.85. The second kappa shape index (κ2) is 16.0. The first-order valence-corrected chi connectivity index (χ1v) is 24.0. The average molecular weight is 823 g/mol. The average Bonchev–Trinajstić information content (AvgIpc) is 4.03. The van der Waals surface area contributed by atoms with E-state index in [9.17, 15) is 0 Å². The fourth-order valence-corrected chi connectivity index (χ4v) is 12.8. The zero-order valence-electron chi connectivity index (χ0n) is 37.7. The molecule has 316 valence electrons. The molecule has 5 atom stereocenters. The predicted molar refractivity (Wildman–Crippen MR) is 266 cm³/mol. The number of hydrogen-bond acceptors (Lipinski definition) is 2. The molecule has 0 aliphatic heterocycles. The number of para-hydroxylation sites is 2. The summed E-state index contributed by atoms with van der Waals surface area (Å²) < 4.78 is 0. The zero-order valence-corrected chi connectivity index (χ0v) is 37.7. The Kier molecular flexibility index (Phi) is 10.2. The summed E-state index contributed by atoms with van der Waals surface area (Å²) in [6, 6.07) is 66.9. The van der Waals surface area contributed by atoms with Crippen LogP contribution in [0.1, 0.15) is 113 Å². The first kappa shape index (κ1) is 40.0. The predicted octanol–water partition coefficient (Wildman–Crippen LogP) is 17.0. The SMILES string of the molecule is CC(C)C1CCCC(c2ccc(N(c3ccccc3)c3ccccc3)cc2)(c2ccc(N(c3ccc(C4CC5CCC4C5)cc3)c3ccc4c(c3)C(C)(C)c3ccccc3-4)cc2)C1. The molecule has 0 heterocycles. The maximum Gasteiger partial charge on any atom is 0.0465 e. The van der Waals surface area contributed by atoms with Crippen molar-refractivity contribution in [1.29, 1.82) is 0 Å². The maximum atomic E-state index is 2.52. The molecular weight excluding hydrogens is 761 g/mol. The zero-order chi connectivity index (χ0) is 42.7. The van der Waals surface area contributed by atoms with Crippen molar-refractivity contribution in [2.75, 3.05) is 9.80 Å². The van der Waals surface area contributed by atoms with Crippen LogP contribution in [0.4, 0.5) is 34.1 Å². The first-order chi connectivity index (χ1) is 30.8. The largest absolute Gasteiger partial charge is 0.311 e. The smallest absolute Gasteiger partial charge is 0.0465 e. The van der Waals surface area contributed by atoms with E-state index in [1.165, 1.54) is 118 Å². The summed E-state index contributed by atoms with van der Waals surface area (Å²) in [6.07, 6.45) is 10.5. The summed E-state index contributed by atoms with van der Waals surface area (Å²) in [5.41, 5.74) is 17.0. The molecule has 2 heteroatoms. The minimum Gasteiger partial charge on any atom is -0.311 e. The second-order valence-corrected chi connectivity index (χ2v) is 20.4. The van der Waals surface area contributed by atoms with E-state index in [2.05, 4.69) is 213 Å². The van der Waals surface area contributed by atoms with E-state index in [0.717, 1.165) is 24.2 Å². The third kappa shape index (κ3) is 7.02. The maximum absolute atomic E-state index is 2.52. The summed E-state index contributed by atoms with van der Waals surface area (Å²) >= 11 is 0. The van der Waals surface area contributed by atoms with Crippen LogP contribution in [0.25, 0.3) is 11.1 Å². The highest BCUT2D eigenvalue weighted by Crippen LogP contribution is 2.55. The van der Waals surface area contributed by atoms with Gasteiger partial charge < -0.3 is 9.80 Å². The molecule has 0 amide bonds. The van der Waals surface area contributed by atoms with Crippen molar-refractivity contribution >= 4 is 34.1 Å². The Bertz CT molecular complexity index is 2660. The van der Waals surface area contributed by atoms with Gasteiger partial charge in [0.2, 0.25) is 0 Å². The summed E-state index contributed by atoms with van der Waals surface area (Å²) in [7, 11) is 0. The molecule has 0 spiro atoms. The lowest BCUT2D eigenvalue weighted by Gasteiger charge is -2.44. The Morgan fingerprint density at radius 2 is 1.02 bits per heavy atom. The molecule has 0 aromatic heterocycles. The van der Waals surface area contributed by atoms with Crippen LogP contribution in [0.2, 0.25) is 0 Å². The molecule has 63 heavy (non-hydrogen) atoms. The fourth-order valence-electron chi connectivity index (χ4n) is 12.8. The third-order valence-electron chi connectivity index (χ3n) is 16.3. The van der Waals surface area contributed by atoms with E-state index in [1.807, 2.05) is 0 Å². The van der Waals surface area contributed by atoms with Crippen LogP contribution in [0, 0.1) is 23.7 Å². The Labute approximate surface area is 376 Å². The molecule has 0 saturated heterocycles. The van der Waals surface area contributed by atoms with Gasteiger partial charge in [0, 0.05) is 45.0 Å². The highest BCUT2D eigenvalue weighted by molar-refractivity contribution is 5.85. The number of nitrogens with zero attached hydrogens (tertiary/aromatic N) is 2. The molecule has 7 aromatic rings. The van der Waals surface area contributed by atoms with Crippen molar-refractivity contribution in [1.82, 2.24) is 0 Å². The van der Waals surface area contributed by atoms with Crippen molar-refractivity contribution < 1.29 is 0 Å². The quantitative estimate of drug-likeness (QED) is 0.136. The normalized spacial score (nSPS) is 23.1. The van der Waals surface area contributed by atoms with Gasteiger partial charge in [-0.15, -0.1) is 0 Å². The Balaban J connectivity index is 0.984. The second-order valence-electron chi connectivity index (χ2n) is 20.4. The number of anilines is 6. The lowest BCUT2D eigenvalue weighted by molar-refractivity contribution is 0.207. The molecule has 11 rings (SSSR count). The van der Waals surface area contributed by atoms with Gasteiger partial charge in [-0.2, -0.15) is 0 Å². The van der Waals surface area contributed by atoms with Crippen molar-refractivity contribution in [3.8, 4) is 11.1 Å². The fraction of sp³-hybridized carbons (Fsp3) is 0.311. The standard InChI is InChI=1S/C61H62N2/c1-42(2)46-14-13-37-61(41-46,47-25-31-52(32-26-47)62(49-15-7-5-8-16-49)50-17-9-6-10-18-50)48-27-33-53(34-28-48)63(51-29-23-44(24-30-51)57-39-43-21-22-45(57)38-43)54-35-36-56-55-19-11-12-20-58(55)60(3,4)59(56)40-54/h5-12,15-20,23-36,40,42-43,45-46,57H,13-14,21-22,37-39,41H2,1-4H3. The van der Waals surface area contributed by atoms with Crippen LogP contribution in [0.5, 0.6) is 0 Å².